The Balaban J connectivity index is 2.08. The number of rotatable bonds is 10. The zero-order chi connectivity index (χ0) is 26.3. The van der Waals surface area contributed by atoms with Crippen molar-refractivity contribution < 1.29 is 18.0 Å². The second-order valence-corrected chi connectivity index (χ2v) is 10.6. The van der Waals surface area contributed by atoms with Gasteiger partial charge in [0, 0.05) is 18.6 Å². The lowest BCUT2D eigenvalue weighted by Gasteiger charge is -2.33. The van der Waals surface area contributed by atoms with Crippen molar-refractivity contribution in [1.82, 2.24) is 10.2 Å². The van der Waals surface area contributed by atoms with Crippen LogP contribution in [0, 0.1) is 0 Å². The molecule has 1 atom stereocenters. The van der Waals surface area contributed by atoms with E-state index in [-0.39, 0.29) is 28.1 Å². The van der Waals surface area contributed by atoms with Crippen LogP contribution >= 0.6 is 23.2 Å². The maximum atomic E-state index is 13.8. The molecule has 0 saturated heterocycles. The SMILES string of the molecule is CC[C@@H](C(=O)NC)N(Cc1ccccc1Cl)C(=O)CN(c1ccccc1Cl)S(=O)(=O)c1ccccc1. The number of anilines is 1. The molecule has 0 bridgehead atoms. The molecule has 190 valence electrons. The van der Waals surface area contributed by atoms with Gasteiger partial charge in [-0.1, -0.05) is 78.7 Å². The number of carbonyl (C=O) groups excluding carboxylic acids is 2. The smallest absolute Gasteiger partial charge is 0.264 e. The number of nitrogens with one attached hydrogen (secondary N) is 1. The predicted octanol–water partition coefficient (Wildman–Crippen LogP) is 4.74. The second kappa shape index (κ2) is 12.3. The van der Waals surface area contributed by atoms with Crippen LogP contribution < -0.4 is 9.62 Å². The summed E-state index contributed by atoms with van der Waals surface area (Å²) in [5, 5.41) is 3.18. The van der Waals surface area contributed by atoms with E-state index in [1.54, 1.807) is 67.6 Å². The minimum atomic E-state index is -4.17. The Morgan fingerprint density at radius 1 is 0.889 bits per heavy atom. The first-order chi connectivity index (χ1) is 17.2. The number of likely N-dealkylation sites (N-methyl/N-ethyl adjacent to an activating group) is 1. The quantitative estimate of drug-likeness (QED) is 0.397. The Hall–Kier alpha value is -3.07. The van der Waals surface area contributed by atoms with Crippen molar-refractivity contribution in [2.24, 2.45) is 0 Å². The Labute approximate surface area is 221 Å². The lowest BCUT2D eigenvalue weighted by atomic mass is 10.1. The molecular formula is C26H27Cl2N3O4S. The molecule has 2 amide bonds. The molecule has 10 heteroatoms. The molecule has 3 aromatic carbocycles. The number of hydrogen-bond donors (Lipinski definition) is 1. The molecule has 0 aliphatic carbocycles. The van der Waals surface area contributed by atoms with Gasteiger partial charge in [-0.2, -0.15) is 0 Å². The Morgan fingerprint density at radius 2 is 1.47 bits per heavy atom. The van der Waals surface area contributed by atoms with Gasteiger partial charge < -0.3 is 10.2 Å². The van der Waals surface area contributed by atoms with Crippen LogP contribution in [0.3, 0.4) is 0 Å². The lowest BCUT2D eigenvalue weighted by Crippen LogP contribution is -2.51. The van der Waals surface area contributed by atoms with Crippen LogP contribution in [0.2, 0.25) is 10.0 Å². The molecule has 36 heavy (non-hydrogen) atoms. The summed E-state index contributed by atoms with van der Waals surface area (Å²) < 4.78 is 28.3. The number of carbonyl (C=O) groups is 2. The van der Waals surface area contributed by atoms with E-state index in [0.717, 1.165) is 4.31 Å². The zero-order valence-electron chi connectivity index (χ0n) is 19.9. The second-order valence-electron chi connectivity index (χ2n) is 7.93. The molecule has 0 heterocycles. The van der Waals surface area contributed by atoms with E-state index in [4.69, 9.17) is 23.2 Å². The lowest BCUT2D eigenvalue weighted by molar-refractivity contribution is -0.140. The minimum absolute atomic E-state index is 0.00807. The van der Waals surface area contributed by atoms with Crippen LogP contribution in [0.4, 0.5) is 5.69 Å². The van der Waals surface area contributed by atoms with Crippen LogP contribution in [-0.4, -0.2) is 44.8 Å². The molecular weight excluding hydrogens is 521 g/mol. The van der Waals surface area contributed by atoms with Crippen LogP contribution in [0.15, 0.2) is 83.8 Å². The van der Waals surface area contributed by atoms with Gasteiger partial charge in [-0.3, -0.25) is 13.9 Å². The first kappa shape index (κ1) is 27.5. The van der Waals surface area contributed by atoms with Crippen molar-refractivity contribution in [2.45, 2.75) is 30.8 Å². The van der Waals surface area contributed by atoms with Gasteiger partial charge in [0.25, 0.3) is 10.0 Å². The molecule has 0 aliphatic heterocycles. The Morgan fingerprint density at radius 3 is 2.06 bits per heavy atom. The summed E-state index contributed by atoms with van der Waals surface area (Å²) in [5.74, 6) is -0.946. The highest BCUT2D eigenvalue weighted by atomic mass is 35.5. The Kier molecular flexibility index (Phi) is 9.37. The van der Waals surface area contributed by atoms with Gasteiger partial charge in [0.15, 0.2) is 0 Å². The highest BCUT2D eigenvalue weighted by molar-refractivity contribution is 7.92. The van der Waals surface area contributed by atoms with E-state index in [1.807, 2.05) is 0 Å². The summed E-state index contributed by atoms with van der Waals surface area (Å²) in [6.07, 6.45) is 0.313. The average Bonchev–Trinajstić information content (AvgIpc) is 2.88. The van der Waals surface area contributed by atoms with Gasteiger partial charge in [-0.15, -0.1) is 0 Å². The normalized spacial score (nSPS) is 12.0. The molecule has 7 nitrogen and oxygen atoms in total. The molecule has 0 aliphatic rings. The molecule has 0 spiro atoms. The van der Waals surface area contributed by atoms with Crippen LogP contribution in [-0.2, 0) is 26.2 Å². The highest BCUT2D eigenvalue weighted by Crippen LogP contribution is 2.31. The van der Waals surface area contributed by atoms with Crippen molar-refractivity contribution in [3.05, 3.63) is 94.5 Å². The van der Waals surface area contributed by atoms with Gasteiger partial charge in [-0.25, -0.2) is 8.42 Å². The number of para-hydroxylation sites is 1. The number of sulfonamides is 1. The molecule has 0 fully saturated rings. The van der Waals surface area contributed by atoms with E-state index >= 15 is 0 Å². The largest absolute Gasteiger partial charge is 0.357 e. The molecule has 3 aromatic rings. The fraction of sp³-hybridized carbons (Fsp3) is 0.231. The fourth-order valence-electron chi connectivity index (χ4n) is 3.78. The van der Waals surface area contributed by atoms with E-state index < -0.39 is 28.5 Å². The molecule has 0 radical (unpaired) electrons. The van der Waals surface area contributed by atoms with Crippen LogP contribution in [0.25, 0.3) is 0 Å². The first-order valence-corrected chi connectivity index (χ1v) is 13.5. The van der Waals surface area contributed by atoms with E-state index in [9.17, 15) is 18.0 Å². The number of amides is 2. The summed E-state index contributed by atoms with van der Waals surface area (Å²) in [4.78, 5) is 27.9. The van der Waals surface area contributed by atoms with Gasteiger partial charge in [0.05, 0.1) is 15.6 Å². The molecule has 0 unspecified atom stereocenters. The number of hydrogen-bond acceptors (Lipinski definition) is 4. The summed E-state index contributed by atoms with van der Waals surface area (Å²) in [6.45, 7) is 1.23. The van der Waals surface area contributed by atoms with Crippen molar-refractivity contribution in [3.63, 3.8) is 0 Å². The summed E-state index contributed by atoms with van der Waals surface area (Å²) >= 11 is 12.7. The number of nitrogens with zero attached hydrogens (tertiary/aromatic N) is 2. The fourth-order valence-corrected chi connectivity index (χ4v) is 5.72. The predicted molar refractivity (Wildman–Crippen MR) is 143 cm³/mol. The summed E-state index contributed by atoms with van der Waals surface area (Å²) in [5.41, 5.74) is 0.784. The average molecular weight is 548 g/mol. The Bertz CT molecular complexity index is 1320. The maximum Gasteiger partial charge on any atom is 0.264 e. The molecule has 0 saturated carbocycles. The maximum absolute atomic E-state index is 13.8. The van der Waals surface area contributed by atoms with Crippen molar-refractivity contribution in [1.29, 1.82) is 0 Å². The van der Waals surface area contributed by atoms with Crippen molar-refractivity contribution >= 4 is 50.7 Å². The van der Waals surface area contributed by atoms with Gasteiger partial charge in [-0.05, 0) is 42.3 Å². The van der Waals surface area contributed by atoms with Crippen molar-refractivity contribution in [3.8, 4) is 0 Å². The van der Waals surface area contributed by atoms with Gasteiger partial charge in [0.1, 0.15) is 12.6 Å². The third-order valence-electron chi connectivity index (χ3n) is 5.66. The number of benzene rings is 3. The first-order valence-electron chi connectivity index (χ1n) is 11.3. The standard InChI is InChI=1S/C26H27Cl2N3O4S/c1-3-23(26(33)29-2)30(17-19-11-7-8-14-21(19)27)25(32)18-31(24-16-10-9-15-22(24)28)36(34,35)20-12-5-4-6-13-20/h4-16,23H,3,17-18H2,1-2H3,(H,29,33)/t23-/m0/s1. The zero-order valence-corrected chi connectivity index (χ0v) is 22.2. The molecule has 1 N–H and O–H groups in total. The van der Waals surface area contributed by atoms with E-state index in [0.29, 0.717) is 17.0 Å². The summed E-state index contributed by atoms with van der Waals surface area (Å²) in [6, 6.07) is 20.3. The number of halogens is 2. The van der Waals surface area contributed by atoms with Gasteiger partial charge in [0.2, 0.25) is 11.8 Å². The molecule has 3 rings (SSSR count). The molecule has 0 aromatic heterocycles. The minimum Gasteiger partial charge on any atom is -0.357 e. The van der Waals surface area contributed by atoms with E-state index in [2.05, 4.69) is 5.32 Å². The van der Waals surface area contributed by atoms with E-state index in [1.165, 1.54) is 30.1 Å². The third kappa shape index (κ3) is 6.19. The van der Waals surface area contributed by atoms with Crippen LogP contribution in [0.1, 0.15) is 18.9 Å². The van der Waals surface area contributed by atoms with Crippen LogP contribution in [0.5, 0.6) is 0 Å². The highest BCUT2D eigenvalue weighted by Gasteiger charge is 2.34. The summed E-state index contributed by atoms with van der Waals surface area (Å²) in [7, 11) is -2.68. The monoisotopic (exact) mass is 547 g/mol. The van der Waals surface area contributed by atoms with Crippen molar-refractivity contribution in [2.75, 3.05) is 17.9 Å². The third-order valence-corrected chi connectivity index (χ3v) is 8.12. The van der Waals surface area contributed by atoms with Gasteiger partial charge >= 0.3 is 0 Å². The topological polar surface area (TPSA) is 86.8 Å².